The van der Waals surface area contributed by atoms with E-state index in [4.69, 9.17) is 9.47 Å². The van der Waals surface area contributed by atoms with Crippen molar-refractivity contribution < 1.29 is 13.7 Å². The molecule has 0 bridgehead atoms. The molecule has 0 radical (unpaired) electrons. The highest BCUT2D eigenvalue weighted by atomic mass is 127. The van der Waals surface area contributed by atoms with Crippen LogP contribution in [0.25, 0.3) is 0 Å². The van der Waals surface area contributed by atoms with E-state index in [9.17, 15) is 4.21 Å². The number of benzene rings is 2. The summed E-state index contributed by atoms with van der Waals surface area (Å²) in [5.74, 6) is 2.02. The van der Waals surface area contributed by atoms with Crippen molar-refractivity contribution in [1.82, 2.24) is 10.6 Å². The van der Waals surface area contributed by atoms with Gasteiger partial charge in [-0.3, -0.25) is 9.20 Å². The second-order valence-corrected chi connectivity index (χ2v) is 7.94. The monoisotopic (exact) mass is 545 g/mol. The quantitative estimate of drug-likeness (QED) is 0.196. The van der Waals surface area contributed by atoms with E-state index in [0.29, 0.717) is 44.6 Å². The molecule has 2 rings (SSSR count). The summed E-state index contributed by atoms with van der Waals surface area (Å²) in [5.41, 5.74) is 2.19. The minimum atomic E-state index is -1.03. The van der Waals surface area contributed by atoms with E-state index in [2.05, 4.69) is 27.8 Å². The smallest absolute Gasteiger partial charge is 0.191 e. The van der Waals surface area contributed by atoms with E-state index in [1.54, 1.807) is 7.05 Å². The summed E-state index contributed by atoms with van der Waals surface area (Å²) in [6.07, 6.45) is 0. The molecule has 0 spiro atoms. The number of aryl methyl sites for hydroxylation is 1. The molecule has 0 aliphatic carbocycles. The standard InChI is InChI=1S/C22H31N3O3S.HI/c1-4-27-13-14-28-21-16-18(2)10-11-19(21)17-25-22(23-3)24-12-15-29(26)20-8-6-5-7-9-20;/h5-11,16H,4,12-15,17H2,1-3H3,(H2,23,24,25);1H. The lowest BCUT2D eigenvalue weighted by Gasteiger charge is -2.15. The molecule has 0 aliphatic heterocycles. The molecule has 0 aromatic heterocycles. The topological polar surface area (TPSA) is 72.0 Å². The Hall–Kier alpha value is -1.65. The first-order valence-corrected chi connectivity index (χ1v) is 11.1. The van der Waals surface area contributed by atoms with Gasteiger partial charge in [-0.05, 0) is 37.6 Å². The third-order valence-corrected chi connectivity index (χ3v) is 5.54. The van der Waals surface area contributed by atoms with Gasteiger partial charge in [0.05, 0.1) is 17.4 Å². The number of guanidine groups is 1. The van der Waals surface area contributed by atoms with Gasteiger partial charge in [-0.15, -0.1) is 24.0 Å². The van der Waals surface area contributed by atoms with Gasteiger partial charge in [0.25, 0.3) is 0 Å². The normalized spacial score (nSPS) is 12.0. The summed E-state index contributed by atoms with van der Waals surface area (Å²) in [4.78, 5) is 5.08. The summed E-state index contributed by atoms with van der Waals surface area (Å²) >= 11 is 0. The molecule has 1 unspecified atom stereocenters. The summed E-state index contributed by atoms with van der Waals surface area (Å²) in [5, 5.41) is 6.51. The number of hydrogen-bond acceptors (Lipinski definition) is 4. The fraction of sp³-hybridized carbons (Fsp3) is 0.409. The van der Waals surface area contributed by atoms with Crippen LogP contribution in [-0.2, 0) is 22.1 Å². The Morgan fingerprint density at radius 1 is 1.10 bits per heavy atom. The zero-order valence-corrected chi connectivity index (χ0v) is 21.0. The van der Waals surface area contributed by atoms with Gasteiger partial charge in [0, 0.05) is 43.0 Å². The van der Waals surface area contributed by atoms with Crippen molar-refractivity contribution in [1.29, 1.82) is 0 Å². The van der Waals surface area contributed by atoms with Gasteiger partial charge >= 0.3 is 0 Å². The Morgan fingerprint density at radius 3 is 2.57 bits per heavy atom. The number of nitrogens with zero attached hydrogens (tertiary/aromatic N) is 1. The van der Waals surface area contributed by atoms with Crippen molar-refractivity contribution in [2.75, 3.05) is 39.2 Å². The van der Waals surface area contributed by atoms with Gasteiger partial charge in [-0.2, -0.15) is 0 Å². The predicted molar refractivity (Wildman–Crippen MR) is 135 cm³/mol. The van der Waals surface area contributed by atoms with Gasteiger partial charge in [-0.25, -0.2) is 0 Å². The molecule has 0 fully saturated rings. The maximum absolute atomic E-state index is 12.3. The minimum Gasteiger partial charge on any atom is -0.491 e. The van der Waals surface area contributed by atoms with Gasteiger partial charge in [0.15, 0.2) is 5.96 Å². The molecule has 0 saturated carbocycles. The van der Waals surface area contributed by atoms with Crippen LogP contribution in [0.5, 0.6) is 5.75 Å². The third kappa shape index (κ3) is 9.44. The Labute approximate surface area is 199 Å². The van der Waals surface area contributed by atoms with Gasteiger partial charge in [-0.1, -0.05) is 30.3 Å². The highest BCUT2D eigenvalue weighted by Gasteiger charge is 2.07. The molecule has 30 heavy (non-hydrogen) atoms. The van der Waals surface area contributed by atoms with Crippen molar-refractivity contribution in [3.8, 4) is 5.75 Å². The van der Waals surface area contributed by atoms with E-state index in [-0.39, 0.29) is 24.0 Å². The molecule has 2 aromatic rings. The van der Waals surface area contributed by atoms with Gasteiger partial charge < -0.3 is 20.1 Å². The van der Waals surface area contributed by atoms with Crippen molar-refractivity contribution >= 4 is 40.7 Å². The predicted octanol–water partition coefficient (Wildman–Crippen LogP) is 3.50. The lowest BCUT2D eigenvalue weighted by atomic mass is 10.1. The van der Waals surface area contributed by atoms with Crippen molar-refractivity contribution in [2.24, 2.45) is 4.99 Å². The number of ether oxygens (including phenoxy) is 2. The first-order chi connectivity index (χ1) is 14.1. The second kappa shape index (κ2) is 15.2. The lowest BCUT2D eigenvalue weighted by Crippen LogP contribution is -2.38. The average Bonchev–Trinajstić information content (AvgIpc) is 2.75. The van der Waals surface area contributed by atoms with Crippen molar-refractivity contribution in [3.63, 3.8) is 0 Å². The zero-order chi connectivity index (χ0) is 20.9. The summed E-state index contributed by atoms with van der Waals surface area (Å²) < 4.78 is 23.5. The van der Waals surface area contributed by atoms with E-state index in [1.807, 2.05) is 50.2 Å². The second-order valence-electron chi connectivity index (χ2n) is 6.37. The SMILES string of the molecule is CCOCCOc1cc(C)ccc1CNC(=NC)NCCS(=O)c1ccccc1.I. The highest BCUT2D eigenvalue weighted by molar-refractivity contribution is 14.0. The Bertz CT molecular complexity index is 803. The summed E-state index contributed by atoms with van der Waals surface area (Å²) in [7, 11) is 0.689. The van der Waals surface area contributed by atoms with Crippen molar-refractivity contribution in [2.45, 2.75) is 25.3 Å². The van der Waals surface area contributed by atoms with Gasteiger partial charge in [0.1, 0.15) is 12.4 Å². The molecule has 2 aromatic carbocycles. The van der Waals surface area contributed by atoms with E-state index < -0.39 is 10.8 Å². The number of aliphatic imine (C=N–C) groups is 1. The maximum Gasteiger partial charge on any atom is 0.191 e. The molecular formula is C22H32IN3O3S. The zero-order valence-electron chi connectivity index (χ0n) is 17.8. The highest BCUT2D eigenvalue weighted by Crippen LogP contribution is 2.20. The maximum atomic E-state index is 12.3. The van der Waals surface area contributed by atoms with Crippen LogP contribution < -0.4 is 15.4 Å². The first-order valence-electron chi connectivity index (χ1n) is 9.82. The largest absolute Gasteiger partial charge is 0.491 e. The number of nitrogens with one attached hydrogen (secondary N) is 2. The van der Waals surface area contributed by atoms with Crippen LogP contribution >= 0.6 is 24.0 Å². The molecule has 6 nitrogen and oxygen atoms in total. The molecule has 166 valence electrons. The first kappa shape index (κ1) is 26.4. The average molecular weight is 545 g/mol. The Balaban J connectivity index is 0.00000450. The number of rotatable bonds is 11. The van der Waals surface area contributed by atoms with Crippen molar-refractivity contribution in [3.05, 3.63) is 59.7 Å². The summed E-state index contributed by atoms with van der Waals surface area (Å²) in [6.45, 7) is 6.92. The minimum absolute atomic E-state index is 0. The molecule has 0 amide bonds. The van der Waals surface area contributed by atoms with Gasteiger partial charge in [0.2, 0.25) is 0 Å². The lowest BCUT2D eigenvalue weighted by molar-refractivity contribution is 0.110. The van der Waals surface area contributed by atoms with Crippen LogP contribution in [0, 0.1) is 6.92 Å². The molecule has 1 atom stereocenters. The van der Waals surface area contributed by atoms with Crippen LogP contribution in [0.1, 0.15) is 18.1 Å². The van der Waals surface area contributed by atoms with Crippen LogP contribution in [0.3, 0.4) is 0 Å². The molecular weight excluding hydrogens is 513 g/mol. The number of halogens is 1. The fourth-order valence-electron chi connectivity index (χ4n) is 2.65. The number of hydrogen-bond donors (Lipinski definition) is 2. The molecule has 0 heterocycles. The molecule has 0 aliphatic rings. The summed E-state index contributed by atoms with van der Waals surface area (Å²) in [6, 6.07) is 15.6. The molecule has 8 heteroatoms. The van der Waals surface area contributed by atoms with E-state index in [0.717, 1.165) is 21.8 Å². The fourth-order valence-corrected chi connectivity index (χ4v) is 3.63. The molecule has 2 N–H and O–H groups in total. The van der Waals surface area contributed by atoms with E-state index >= 15 is 0 Å². The molecule has 0 saturated heterocycles. The van der Waals surface area contributed by atoms with Crippen LogP contribution in [0.4, 0.5) is 0 Å². The Kier molecular flexibility index (Phi) is 13.4. The van der Waals surface area contributed by atoms with Crippen LogP contribution in [0.15, 0.2) is 58.4 Å². The van der Waals surface area contributed by atoms with Crippen LogP contribution in [0.2, 0.25) is 0 Å². The Morgan fingerprint density at radius 2 is 1.87 bits per heavy atom. The van der Waals surface area contributed by atoms with E-state index in [1.165, 1.54) is 0 Å². The third-order valence-electron chi connectivity index (χ3n) is 4.17. The van der Waals surface area contributed by atoms with Crippen LogP contribution in [-0.4, -0.2) is 49.3 Å².